The van der Waals surface area contributed by atoms with Crippen LogP contribution < -0.4 is 5.73 Å². The third-order valence-electron chi connectivity index (χ3n) is 3.00. The number of nitrogens with zero attached hydrogens (tertiary/aromatic N) is 4. The highest BCUT2D eigenvalue weighted by molar-refractivity contribution is 5.78. The van der Waals surface area contributed by atoms with Crippen LogP contribution in [0.5, 0.6) is 0 Å². The molecule has 1 amide bonds. The van der Waals surface area contributed by atoms with Gasteiger partial charge in [-0.2, -0.15) is 0 Å². The van der Waals surface area contributed by atoms with Gasteiger partial charge in [-0.25, -0.2) is 0 Å². The van der Waals surface area contributed by atoms with Gasteiger partial charge in [-0.3, -0.25) is 4.79 Å². The Morgan fingerprint density at radius 2 is 2.44 bits per heavy atom. The van der Waals surface area contributed by atoms with Crippen LogP contribution in [0.25, 0.3) is 0 Å². The average Bonchev–Trinajstić information content (AvgIpc) is 2.86. The molecule has 0 radical (unpaired) electrons. The van der Waals surface area contributed by atoms with Gasteiger partial charge in [0.05, 0.1) is 6.54 Å². The van der Waals surface area contributed by atoms with Crippen molar-refractivity contribution in [1.29, 1.82) is 0 Å². The van der Waals surface area contributed by atoms with Crippen molar-refractivity contribution in [2.75, 3.05) is 13.1 Å². The molecule has 2 heterocycles. The normalized spacial score (nSPS) is 20.8. The summed E-state index contributed by atoms with van der Waals surface area (Å²) in [5.74, 6) is 1.31. The standard InChI is InChI=1S/C10H17N5O/c1-2-14-7-12-13-9(14)6-15-5-8(4-11)3-10(15)16/h7-8H,2-6,11H2,1H3. The van der Waals surface area contributed by atoms with Gasteiger partial charge in [-0.15, -0.1) is 10.2 Å². The lowest BCUT2D eigenvalue weighted by Crippen LogP contribution is -2.27. The second kappa shape index (κ2) is 4.61. The molecule has 1 atom stereocenters. The summed E-state index contributed by atoms with van der Waals surface area (Å²) in [4.78, 5) is 13.5. The summed E-state index contributed by atoms with van der Waals surface area (Å²) in [5, 5.41) is 7.87. The zero-order valence-corrected chi connectivity index (χ0v) is 9.46. The van der Waals surface area contributed by atoms with E-state index in [2.05, 4.69) is 10.2 Å². The van der Waals surface area contributed by atoms with Crippen molar-refractivity contribution in [3.05, 3.63) is 12.2 Å². The van der Waals surface area contributed by atoms with Crippen LogP contribution >= 0.6 is 0 Å². The van der Waals surface area contributed by atoms with Crippen molar-refractivity contribution in [3.63, 3.8) is 0 Å². The number of hydrogen-bond acceptors (Lipinski definition) is 4. The number of likely N-dealkylation sites (tertiary alicyclic amines) is 1. The summed E-state index contributed by atoms with van der Waals surface area (Å²) in [7, 11) is 0. The molecule has 1 aliphatic rings. The van der Waals surface area contributed by atoms with E-state index in [1.165, 1.54) is 0 Å². The van der Waals surface area contributed by atoms with Crippen molar-refractivity contribution < 1.29 is 4.79 Å². The molecule has 0 saturated carbocycles. The Labute approximate surface area is 94.4 Å². The fourth-order valence-electron chi connectivity index (χ4n) is 2.00. The molecule has 0 aromatic carbocycles. The molecule has 0 spiro atoms. The molecule has 6 heteroatoms. The zero-order chi connectivity index (χ0) is 11.5. The maximum absolute atomic E-state index is 11.7. The molecule has 1 saturated heterocycles. The van der Waals surface area contributed by atoms with E-state index < -0.39 is 0 Å². The second-order valence-electron chi connectivity index (χ2n) is 4.11. The quantitative estimate of drug-likeness (QED) is 0.754. The zero-order valence-electron chi connectivity index (χ0n) is 9.46. The number of carbonyl (C=O) groups excluding carboxylic acids is 1. The number of aromatic nitrogens is 3. The first-order valence-corrected chi connectivity index (χ1v) is 5.59. The van der Waals surface area contributed by atoms with E-state index in [1.807, 2.05) is 16.4 Å². The molecule has 2 N–H and O–H groups in total. The minimum absolute atomic E-state index is 0.168. The highest BCUT2D eigenvalue weighted by Gasteiger charge is 2.29. The van der Waals surface area contributed by atoms with Gasteiger partial charge in [-0.1, -0.05) is 0 Å². The van der Waals surface area contributed by atoms with Gasteiger partial charge in [0.25, 0.3) is 0 Å². The lowest BCUT2D eigenvalue weighted by molar-refractivity contribution is -0.128. The number of aryl methyl sites for hydroxylation is 1. The van der Waals surface area contributed by atoms with Crippen molar-refractivity contribution in [1.82, 2.24) is 19.7 Å². The monoisotopic (exact) mass is 223 g/mol. The minimum Gasteiger partial charge on any atom is -0.335 e. The summed E-state index contributed by atoms with van der Waals surface area (Å²) >= 11 is 0. The maximum Gasteiger partial charge on any atom is 0.223 e. The van der Waals surface area contributed by atoms with Crippen LogP contribution in [0, 0.1) is 5.92 Å². The van der Waals surface area contributed by atoms with E-state index in [9.17, 15) is 4.79 Å². The van der Waals surface area contributed by atoms with Crippen LogP contribution in [0.2, 0.25) is 0 Å². The first-order chi connectivity index (χ1) is 7.74. The first-order valence-electron chi connectivity index (χ1n) is 5.59. The second-order valence-corrected chi connectivity index (χ2v) is 4.11. The summed E-state index contributed by atoms with van der Waals surface area (Å²) in [5.41, 5.74) is 5.58. The molecule has 1 unspecified atom stereocenters. The largest absolute Gasteiger partial charge is 0.335 e. The molecule has 6 nitrogen and oxygen atoms in total. The maximum atomic E-state index is 11.7. The van der Waals surface area contributed by atoms with E-state index in [-0.39, 0.29) is 5.91 Å². The van der Waals surface area contributed by atoms with Crippen molar-refractivity contribution in [2.24, 2.45) is 11.7 Å². The highest BCUT2D eigenvalue weighted by atomic mass is 16.2. The third kappa shape index (κ3) is 2.06. The van der Waals surface area contributed by atoms with Crippen LogP contribution in [0.1, 0.15) is 19.2 Å². The van der Waals surface area contributed by atoms with Gasteiger partial charge < -0.3 is 15.2 Å². The van der Waals surface area contributed by atoms with Crippen molar-refractivity contribution in [2.45, 2.75) is 26.4 Å². The van der Waals surface area contributed by atoms with Gasteiger partial charge >= 0.3 is 0 Å². The summed E-state index contributed by atoms with van der Waals surface area (Å²) in [6.07, 6.45) is 2.26. The average molecular weight is 223 g/mol. The van der Waals surface area contributed by atoms with Gasteiger partial charge in [0.1, 0.15) is 6.33 Å². The highest BCUT2D eigenvalue weighted by Crippen LogP contribution is 2.18. The molecule has 0 bridgehead atoms. The fraction of sp³-hybridized carbons (Fsp3) is 0.700. The molecule has 1 fully saturated rings. The molecule has 88 valence electrons. The Hall–Kier alpha value is -1.43. The molecule has 1 aromatic heterocycles. The molecular weight excluding hydrogens is 206 g/mol. The summed E-state index contributed by atoms with van der Waals surface area (Å²) in [6, 6.07) is 0. The number of amides is 1. The van der Waals surface area contributed by atoms with Gasteiger partial charge in [0.2, 0.25) is 5.91 Å². The van der Waals surface area contributed by atoms with Crippen LogP contribution in [-0.2, 0) is 17.9 Å². The number of carbonyl (C=O) groups is 1. The predicted octanol–water partition coefficient (Wildman–Crippen LogP) is -0.395. The van der Waals surface area contributed by atoms with E-state index in [1.54, 1.807) is 6.33 Å². The Morgan fingerprint density at radius 1 is 1.62 bits per heavy atom. The topological polar surface area (TPSA) is 77.0 Å². The molecular formula is C10H17N5O. The SMILES string of the molecule is CCn1cnnc1CN1CC(CN)CC1=O. The number of nitrogens with two attached hydrogens (primary N) is 1. The van der Waals surface area contributed by atoms with Crippen molar-refractivity contribution in [3.8, 4) is 0 Å². The van der Waals surface area contributed by atoms with E-state index in [0.29, 0.717) is 25.4 Å². The summed E-state index contributed by atoms with van der Waals surface area (Å²) in [6.45, 7) is 4.71. The predicted molar refractivity (Wildman–Crippen MR) is 58.3 cm³/mol. The van der Waals surface area contributed by atoms with Crippen LogP contribution in [0.4, 0.5) is 0 Å². The Balaban J connectivity index is 2.02. The van der Waals surface area contributed by atoms with Gasteiger partial charge in [0, 0.05) is 19.5 Å². The Kier molecular flexibility index (Phi) is 3.19. The summed E-state index contributed by atoms with van der Waals surface area (Å²) < 4.78 is 1.95. The van der Waals surface area contributed by atoms with Gasteiger partial charge in [0.15, 0.2) is 5.82 Å². The smallest absolute Gasteiger partial charge is 0.223 e. The third-order valence-corrected chi connectivity index (χ3v) is 3.00. The molecule has 2 rings (SSSR count). The van der Waals surface area contributed by atoms with Crippen LogP contribution in [0.15, 0.2) is 6.33 Å². The van der Waals surface area contributed by atoms with Gasteiger partial charge in [-0.05, 0) is 19.4 Å². The first kappa shape index (κ1) is 11.1. The number of hydrogen-bond donors (Lipinski definition) is 1. The Bertz CT molecular complexity index is 375. The lowest BCUT2D eigenvalue weighted by atomic mass is 10.1. The minimum atomic E-state index is 0.168. The van der Waals surface area contributed by atoms with E-state index in [0.717, 1.165) is 18.9 Å². The fourth-order valence-corrected chi connectivity index (χ4v) is 2.00. The molecule has 1 aromatic rings. The molecule has 0 aliphatic carbocycles. The van der Waals surface area contributed by atoms with Crippen LogP contribution in [0.3, 0.4) is 0 Å². The number of rotatable bonds is 4. The molecule has 16 heavy (non-hydrogen) atoms. The Morgan fingerprint density at radius 3 is 3.06 bits per heavy atom. The van der Waals surface area contributed by atoms with Crippen molar-refractivity contribution >= 4 is 5.91 Å². The van der Waals surface area contributed by atoms with E-state index >= 15 is 0 Å². The van der Waals surface area contributed by atoms with E-state index in [4.69, 9.17) is 5.73 Å². The van der Waals surface area contributed by atoms with Crippen LogP contribution in [-0.4, -0.2) is 38.7 Å². The molecule has 1 aliphatic heterocycles. The lowest BCUT2D eigenvalue weighted by Gasteiger charge is -2.15.